The predicted molar refractivity (Wildman–Crippen MR) is 188 cm³/mol. The average Bonchev–Trinajstić information content (AvgIpc) is 3.51. The van der Waals surface area contributed by atoms with Gasteiger partial charge in [0.1, 0.15) is 5.65 Å². The van der Waals surface area contributed by atoms with E-state index >= 15 is 4.57 Å². The van der Waals surface area contributed by atoms with Crippen molar-refractivity contribution < 1.29 is 4.57 Å². The first kappa shape index (κ1) is 25.9. The molecule has 0 atom stereocenters. The minimum Gasteiger partial charge on any atom is -0.309 e. The number of pyridine rings is 2. The van der Waals surface area contributed by atoms with Crippen molar-refractivity contribution in [3.63, 3.8) is 0 Å². The lowest BCUT2D eigenvalue weighted by Crippen LogP contribution is -2.25. The van der Waals surface area contributed by atoms with Crippen LogP contribution in [0.25, 0.3) is 60.4 Å². The van der Waals surface area contributed by atoms with Crippen LogP contribution in [-0.4, -0.2) is 14.4 Å². The Kier molecular flexibility index (Phi) is 5.74. The van der Waals surface area contributed by atoms with E-state index in [1.807, 2.05) is 72.8 Å². The molecular weight excluding hydrogens is 569 g/mol. The number of fused-ring (bicyclic) bond motifs is 9. The monoisotopic (exact) mass is 595 g/mol. The summed E-state index contributed by atoms with van der Waals surface area (Å²) in [5, 5.41) is 6.88. The van der Waals surface area contributed by atoms with Crippen LogP contribution in [0.1, 0.15) is 0 Å². The molecular formula is C40H26N3OP. The molecule has 0 bridgehead atoms. The van der Waals surface area contributed by atoms with Gasteiger partial charge in [-0.2, -0.15) is 0 Å². The Morgan fingerprint density at radius 1 is 0.489 bits per heavy atom. The van der Waals surface area contributed by atoms with Gasteiger partial charge >= 0.3 is 0 Å². The van der Waals surface area contributed by atoms with Gasteiger partial charge in [0.15, 0.2) is 7.14 Å². The van der Waals surface area contributed by atoms with Crippen LogP contribution in [0, 0.1) is 0 Å². The van der Waals surface area contributed by atoms with Crippen LogP contribution in [0.4, 0.5) is 0 Å². The van der Waals surface area contributed by atoms with Crippen LogP contribution in [0.2, 0.25) is 0 Å². The SMILES string of the molecule is O=P(c1ccccc1)(c1ccccc1)c1cc(-c2ccc3c(c2)nc2c4ccccc4c4ccccc4n32)c2cccnc2c1. The summed E-state index contributed by atoms with van der Waals surface area (Å²) in [5.41, 5.74) is 6.82. The Balaban J connectivity index is 1.33. The summed E-state index contributed by atoms with van der Waals surface area (Å²) in [6.45, 7) is 0. The van der Waals surface area contributed by atoms with Crippen LogP contribution < -0.4 is 15.9 Å². The fraction of sp³-hybridized carbons (Fsp3) is 0. The van der Waals surface area contributed by atoms with Crippen molar-refractivity contribution in [2.75, 3.05) is 0 Å². The number of aromatic nitrogens is 3. The van der Waals surface area contributed by atoms with Gasteiger partial charge < -0.3 is 4.57 Å². The molecule has 9 rings (SSSR count). The zero-order valence-electron chi connectivity index (χ0n) is 24.2. The van der Waals surface area contributed by atoms with Crippen LogP contribution >= 0.6 is 7.14 Å². The fourth-order valence-electron chi connectivity index (χ4n) is 6.79. The van der Waals surface area contributed by atoms with Gasteiger partial charge in [-0.15, -0.1) is 0 Å². The van der Waals surface area contributed by atoms with Crippen molar-refractivity contribution in [3.8, 4) is 11.1 Å². The molecule has 0 amide bonds. The third kappa shape index (κ3) is 3.90. The second-order valence-corrected chi connectivity index (χ2v) is 14.1. The Morgan fingerprint density at radius 2 is 1.13 bits per heavy atom. The number of benzene rings is 6. The molecule has 0 aliphatic carbocycles. The molecule has 0 aliphatic heterocycles. The zero-order valence-corrected chi connectivity index (χ0v) is 25.1. The minimum atomic E-state index is -3.21. The first-order chi connectivity index (χ1) is 22.2. The highest BCUT2D eigenvalue weighted by Crippen LogP contribution is 2.44. The standard InChI is InChI=1S/C40H26N3OP/c44-45(28-12-3-1-4-13-28,29-14-5-2-6-15-29)30-25-35(32-19-11-23-41-36(32)26-30)27-21-22-39-37(24-27)42-40-34-18-8-7-16-31(34)33-17-9-10-20-38(33)43(39)40/h1-26H. The maximum Gasteiger partial charge on any atom is 0.171 e. The first-order valence-corrected chi connectivity index (χ1v) is 16.7. The van der Waals surface area contributed by atoms with Crippen molar-refractivity contribution >= 4 is 72.3 Å². The Bertz CT molecular complexity index is 2580. The van der Waals surface area contributed by atoms with Crippen molar-refractivity contribution in [1.29, 1.82) is 0 Å². The number of hydrogen-bond acceptors (Lipinski definition) is 3. The fourth-order valence-corrected chi connectivity index (χ4v) is 9.49. The first-order valence-electron chi connectivity index (χ1n) is 15.0. The summed E-state index contributed by atoms with van der Waals surface area (Å²) in [6, 6.07) is 51.2. The second-order valence-electron chi connectivity index (χ2n) is 11.4. The van der Waals surface area contributed by atoms with E-state index in [0.29, 0.717) is 0 Å². The quantitative estimate of drug-likeness (QED) is 0.151. The molecule has 3 aromatic heterocycles. The molecule has 0 N–H and O–H groups in total. The topological polar surface area (TPSA) is 47.3 Å². The van der Waals surface area contributed by atoms with E-state index in [1.54, 1.807) is 6.20 Å². The Hall–Kier alpha value is -5.57. The molecule has 0 saturated heterocycles. The van der Waals surface area contributed by atoms with Gasteiger partial charge in [0.25, 0.3) is 0 Å². The molecule has 0 fully saturated rings. The Labute approximate surface area is 259 Å². The van der Waals surface area contributed by atoms with E-state index in [1.165, 1.54) is 10.8 Å². The summed E-state index contributed by atoms with van der Waals surface area (Å²) in [7, 11) is -3.21. The van der Waals surface area contributed by atoms with Crippen molar-refractivity contribution in [2.45, 2.75) is 0 Å². The number of nitrogens with zero attached hydrogens (tertiary/aromatic N) is 3. The third-order valence-electron chi connectivity index (χ3n) is 8.88. The maximum atomic E-state index is 15.4. The highest BCUT2D eigenvalue weighted by molar-refractivity contribution is 7.85. The summed E-state index contributed by atoms with van der Waals surface area (Å²) in [5.74, 6) is 0. The number of imidazole rings is 1. The highest BCUT2D eigenvalue weighted by Gasteiger charge is 2.31. The normalized spacial score (nSPS) is 12.1. The molecule has 45 heavy (non-hydrogen) atoms. The molecule has 0 spiro atoms. The van der Waals surface area contributed by atoms with Crippen molar-refractivity contribution in [2.24, 2.45) is 0 Å². The predicted octanol–water partition coefficient (Wildman–Crippen LogP) is 8.65. The minimum absolute atomic E-state index is 0.758. The molecule has 4 nitrogen and oxygen atoms in total. The molecule has 6 aromatic carbocycles. The summed E-state index contributed by atoms with van der Waals surface area (Å²) in [4.78, 5) is 9.97. The van der Waals surface area contributed by atoms with E-state index in [9.17, 15) is 0 Å². The van der Waals surface area contributed by atoms with E-state index in [4.69, 9.17) is 9.97 Å². The molecule has 9 aromatic rings. The van der Waals surface area contributed by atoms with Crippen molar-refractivity contribution in [1.82, 2.24) is 14.4 Å². The third-order valence-corrected chi connectivity index (χ3v) is 11.9. The van der Waals surface area contributed by atoms with Gasteiger partial charge in [-0.05, 0) is 52.9 Å². The van der Waals surface area contributed by atoms with E-state index in [2.05, 4.69) is 83.3 Å². The Morgan fingerprint density at radius 3 is 1.89 bits per heavy atom. The van der Waals surface area contributed by atoms with Gasteiger partial charge in [0.2, 0.25) is 0 Å². The molecule has 0 saturated carbocycles. The molecule has 212 valence electrons. The van der Waals surface area contributed by atoms with Gasteiger partial charge in [0.05, 0.1) is 22.1 Å². The van der Waals surface area contributed by atoms with Gasteiger partial charge in [-0.3, -0.25) is 9.38 Å². The number of para-hydroxylation sites is 1. The van der Waals surface area contributed by atoms with Gasteiger partial charge in [0, 0.05) is 38.3 Å². The highest BCUT2D eigenvalue weighted by atomic mass is 31.2. The van der Waals surface area contributed by atoms with E-state index in [-0.39, 0.29) is 0 Å². The zero-order chi connectivity index (χ0) is 30.0. The van der Waals surface area contributed by atoms with Crippen LogP contribution in [0.15, 0.2) is 158 Å². The summed E-state index contributed by atoms with van der Waals surface area (Å²) >= 11 is 0. The lowest BCUT2D eigenvalue weighted by Gasteiger charge is -2.21. The number of rotatable bonds is 4. The molecule has 5 heteroatoms. The summed E-state index contributed by atoms with van der Waals surface area (Å²) in [6.07, 6.45) is 1.80. The van der Waals surface area contributed by atoms with E-state index < -0.39 is 7.14 Å². The molecule has 0 aliphatic rings. The van der Waals surface area contributed by atoms with E-state index in [0.717, 1.165) is 65.5 Å². The summed E-state index contributed by atoms with van der Waals surface area (Å²) < 4.78 is 17.7. The van der Waals surface area contributed by atoms with Crippen LogP contribution in [0.5, 0.6) is 0 Å². The smallest absolute Gasteiger partial charge is 0.171 e. The number of hydrogen-bond donors (Lipinski definition) is 0. The van der Waals surface area contributed by atoms with Crippen LogP contribution in [0.3, 0.4) is 0 Å². The van der Waals surface area contributed by atoms with Crippen LogP contribution in [-0.2, 0) is 4.57 Å². The van der Waals surface area contributed by atoms with Gasteiger partial charge in [-0.25, -0.2) is 4.98 Å². The largest absolute Gasteiger partial charge is 0.309 e. The lowest BCUT2D eigenvalue weighted by atomic mass is 10.00. The lowest BCUT2D eigenvalue weighted by molar-refractivity contribution is 0.592. The maximum absolute atomic E-state index is 15.4. The molecule has 0 radical (unpaired) electrons. The average molecular weight is 596 g/mol. The van der Waals surface area contributed by atoms with Crippen molar-refractivity contribution in [3.05, 3.63) is 158 Å². The second kappa shape index (κ2) is 9.99. The van der Waals surface area contributed by atoms with Gasteiger partial charge in [-0.1, -0.05) is 115 Å². The molecule has 3 heterocycles. The molecule has 0 unspecified atom stereocenters.